The molecule has 0 radical (unpaired) electrons. The average Bonchev–Trinajstić information content (AvgIpc) is 2.97. The van der Waals surface area contributed by atoms with E-state index >= 15 is 0 Å². The number of halogens is 1. The molecule has 0 spiro atoms. The van der Waals surface area contributed by atoms with Crippen LogP contribution in [-0.4, -0.2) is 71.1 Å². The van der Waals surface area contributed by atoms with Gasteiger partial charge in [0.25, 0.3) is 0 Å². The number of nitrogens with zero attached hydrogens (tertiary/aromatic N) is 1. The molecule has 0 saturated heterocycles. The second kappa shape index (κ2) is 16.8. The van der Waals surface area contributed by atoms with Gasteiger partial charge >= 0.3 is 0 Å². The highest BCUT2D eigenvalue weighted by Gasteiger charge is 2.12. The van der Waals surface area contributed by atoms with Crippen molar-refractivity contribution in [3.8, 4) is 11.5 Å². The van der Waals surface area contributed by atoms with Crippen molar-refractivity contribution in [2.24, 2.45) is 4.99 Å². The number of anilines is 1. The third-order valence-corrected chi connectivity index (χ3v) is 4.25. The SMILES string of the molecule is COCCOCCCN=C(NCCC(=O)NC(C)C)Nc1ccc2c(c1)OCCCO2.I. The van der Waals surface area contributed by atoms with E-state index in [1.54, 1.807) is 7.11 Å². The van der Waals surface area contributed by atoms with Gasteiger partial charge in [-0.15, -0.1) is 24.0 Å². The van der Waals surface area contributed by atoms with Crippen LogP contribution in [0, 0.1) is 0 Å². The Bertz CT molecular complexity index is 703. The zero-order chi connectivity index (χ0) is 22.3. The van der Waals surface area contributed by atoms with E-state index in [-0.39, 0.29) is 35.9 Å². The second-order valence-electron chi connectivity index (χ2n) is 7.43. The summed E-state index contributed by atoms with van der Waals surface area (Å²) in [7, 11) is 1.65. The van der Waals surface area contributed by atoms with Gasteiger partial charge in [0, 0.05) is 57.4 Å². The van der Waals surface area contributed by atoms with E-state index in [1.165, 1.54) is 0 Å². The maximum absolute atomic E-state index is 11.9. The highest BCUT2D eigenvalue weighted by atomic mass is 127. The topological polar surface area (TPSA) is 102 Å². The molecule has 0 unspecified atom stereocenters. The van der Waals surface area contributed by atoms with Gasteiger partial charge in [0.1, 0.15) is 0 Å². The van der Waals surface area contributed by atoms with Crippen molar-refractivity contribution in [2.45, 2.75) is 39.2 Å². The molecule has 3 N–H and O–H groups in total. The number of nitrogens with one attached hydrogen (secondary N) is 3. The summed E-state index contributed by atoms with van der Waals surface area (Å²) < 4.78 is 21.9. The maximum Gasteiger partial charge on any atom is 0.221 e. The van der Waals surface area contributed by atoms with Crippen LogP contribution in [0.3, 0.4) is 0 Å². The lowest BCUT2D eigenvalue weighted by Crippen LogP contribution is -2.36. The van der Waals surface area contributed by atoms with Gasteiger partial charge in [0.2, 0.25) is 5.91 Å². The molecule has 10 heteroatoms. The Morgan fingerprint density at radius 1 is 1.16 bits per heavy atom. The number of amides is 1. The third-order valence-electron chi connectivity index (χ3n) is 4.25. The minimum atomic E-state index is 0. The summed E-state index contributed by atoms with van der Waals surface area (Å²) in [5.74, 6) is 2.06. The van der Waals surface area contributed by atoms with Gasteiger partial charge in [0.15, 0.2) is 17.5 Å². The van der Waals surface area contributed by atoms with Gasteiger partial charge in [-0.3, -0.25) is 9.79 Å². The summed E-state index contributed by atoms with van der Waals surface area (Å²) in [6, 6.07) is 5.83. The molecule has 0 saturated carbocycles. The second-order valence-corrected chi connectivity index (χ2v) is 7.43. The van der Waals surface area contributed by atoms with E-state index < -0.39 is 0 Å². The van der Waals surface area contributed by atoms with Crippen LogP contribution in [-0.2, 0) is 14.3 Å². The summed E-state index contributed by atoms with van der Waals surface area (Å²) in [5, 5.41) is 9.39. The quantitative estimate of drug-likeness (QED) is 0.155. The summed E-state index contributed by atoms with van der Waals surface area (Å²) in [4.78, 5) is 16.5. The fourth-order valence-electron chi connectivity index (χ4n) is 2.81. The number of aliphatic imine (C=N–C) groups is 1. The van der Waals surface area contributed by atoms with Crippen molar-refractivity contribution in [3.05, 3.63) is 18.2 Å². The Morgan fingerprint density at radius 2 is 1.94 bits per heavy atom. The number of benzene rings is 1. The van der Waals surface area contributed by atoms with Gasteiger partial charge in [-0.05, 0) is 32.4 Å². The van der Waals surface area contributed by atoms with Crippen molar-refractivity contribution in [1.29, 1.82) is 0 Å². The van der Waals surface area contributed by atoms with Crippen molar-refractivity contribution in [2.75, 3.05) is 58.6 Å². The van der Waals surface area contributed by atoms with E-state index in [1.807, 2.05) is 32.0 Å². The largest absolute Gasteiger partial charge is 0.490 e. The van der Waals surface area contributed by atoms with Crippen molar-refractivity contribution in [3.63, 3.8) is 0 Å². The highest BCUT2D eigenvalue weighted by Crippen LogP contribution is 2.32. The number of methoxy groups -OCH3 is 1. The predicted octanol–water partition coefficient (Wildman–Crippen LogP) is 2.79. The zero-order valence-electron chi connectivity index (χ0n) is 19.3. The van der Waals surface area contributed by atoms with Crippen LogP contribution < -0.4 is 25.4 Å². The average molecular weight is 564 g/mol. The minimum Gasteiger partial charge on any atom is -0.490 e. The fraction of sp³-hybridized carbons (Fsp3) is 0.636. The Balaban J connectivity index is 0.00000512. The van der Waals surface area contributed by atoms with E-state index in [9.17, 15) is 4.79 Å². The lowest BCUT2D eigenvalue weighted by atomic mass is 10.2. The van der Waals surface area contributed by atoms with Crippen LogP contribution in [0.5, 0.6) is 11.5 Å². The molecule has 0 atom stereocenters. The number of rotatable bonds is 12. The number of carbonyl (C=O) groups is 1. The smallest absolute Gasteiger partial charge is 0.221 e. The standard InChI is InChI=1S/C22H36N4O5.HI/c1-17(2)25-21(27)8-10-24-22(23-9-4-11-29-15-14-28-3)26-18-6-7-19-20(16-18)31-13-5-12-30-19;/h6-7,16-17H,4-5,8-15H2,1-3H3,(H,25,27)(H2,23,24,26);1H. The number of hydrogen-bond acceptors (Lipinski definition) is 6. The van der Waals surface area contributed by atoms with E-state index in [2.05, 4.69) is 20.9 Å². The first-order chi connectivity index (χ1) is 15.1. The van der Waals surface area contributed by atoms with Gasteiger partial charge in [0.05, 0.1) is 26.4 Å². The molecule has 1 amide bonds. The van der Waals surface area contributed by atoms with Crippen molar-refractivity contribution < 1.29 is 23.7 Å². The lowest BCUT2D eigenvalue weighted by molar-refractivity contribution is -0.121. The van der Waals surface area contributed by atoms with Crippen LogP contribution in [0.15, 0.2) is 23.2 Å². The lowest BCUT2D eigenvalue weighted by Gasteiger charge is -2.15. The Kier molecular flexibility index (Phi) is 14.8. The van der Waals surface area contributed by atoms with E-state index in [0.29, 0.717) is 64.3 Å². The Morgan fingerprint density at radius 3 is 2.69 bits per heavy atom. The molecule has 9 nitrogen and oxygen atoms in total. The maximum atomic E-state index is 11.9. The van der Waals surface area contributed by atoms with Gasteiger partial charge in [-0.2, -0.15) is 0 Å². The van der Waals surface area contributed by atoms with Crippen LogP contribution in [0.4, 0.5) is 5.69 Å². The number of fused-ring (bicyclic) bond motifs is 1. The Hall–Kier alpha value is -1.79. The molecule has 1 aliphatic rings. The first-order valence-electron chi connectivity index (χ1n) is 10.9. The molecular formula is C22H37IN4O5. The van der Waals surface area contributed by atoms with Gasteiger partial charge < -0.3 is 34.9 Å². The van der Waals surface area contributed by atoms with Crippen LogP contribution in [0.1, 0.15) is 33.1 Å². The molecule has 0 bridgehead atoms. The molecule has 1 heterocycles. The molecule has 0 aliphatic carbocycles. The number of carbonyl (C=O) groups excluding carboxylic acids is 1. The minimum absolute atomic E-state index is 0. The van der Waals surface area contributed by atoms with Crippen molar-refractivity contribution >= 4 is 41.5 Å². The Labute approximate surface area is 208 Å². The van der Waals surface area contributed by atoms with Crippen LogP contribution in [0.25, 0.3) is 0 Å². The summed E-state index contributed by atoms with van der Waals surface area (Å²) in [6.07, 6.45) is 2.00. The summed E-state index contributed by atoms with van der Waals surface area (Å²) >= 11 is 0. The monoisotopic (exact) mass is 564 g/mol. The first kappa shape index (κ1) is 28.2. The van der Waals surface area contributed by atoms with E-state index in [4.69, 9.17) is 18.9 Å². The molecule has 0 fully saturated rings. The molecule has 32 heavy (non-hydrogen) atoms. The molecular weight excluding hydrogens is 527 g/mol. The summed E-state index contributed by atoms with van der Waals surface area (Å²) in [6.45, 7) is 8.00. The first-order valence-corrected chi connectivity index (χ1v) is 10.9. The normalized spacial score (nSPS) is 13.2. The van der Waals surface area contributed by atoms with Crippen LogP contribution in [0.2, 0.25) is 0 Å². The number of guanidine groups is 1. The predicted molar refractivity (Wildman–Crippen MR) is 137 cm³/mol. The molecule has 0 aromatic heterocycles. The number of ether oxygens (including phenoxy) is 4. The van der Waals surface area contributed by atoms with Gasteiger partial charge in [-0.1, -0.05) is 0 Å². The van der Waals surface area contributed by atoms with E-state index in [0.717, 1.165) is 24.3 Å². The molecule has 1 aromatic rings. The summed E-state index contributed by atoms with van der Waals surface area (Å²) in [5.41, 5.74) is 0.832. The number of hydrogen-bond donors (Lipinski definition) is 3. The third kappa shape index (κ3) is 11.7. The molecule has 1 aliphatic heterocycles. The molecule has 182 valence electrons. The fourth-order valence-corrected chi connectivity index (χ4v) is 2.81. The highest BCUT2D eigenvalue weighted by molar-refractivity contribution is 14.0. The van der Waals surface area contributed by atoms with Crippen molar-refractivity contribution in [1.82, 2.24) is 10.6 Å². The molecule has 2 rings (SSSR count). The zero-order valence-corrected chi connectivity index (χ0v) is 21.6. The van der Waals surface area contributed by atoms with Gasteiger partial charge in [-0.25, -0.2) is 0 Å². The van der Waals surface area contributed by atoms with Crippen LogP contribution >= 0.6 is 24.0 Å². The molecule has 1 aromatic carbocycles.